The summed E-state index contributed by atoms with van der Waals surface area (Å²) in [5, 5.41) is 10.8. The van der Waals surface area contributed by atoms with Crippen molar-refractivity contribution in [2.45, 2.75) is 64.7 Å². The first-order valence-electron chi connectivity index (χ1n) is 8.38. The van der Waals surface area contributed by atoms with Gasteiger partial charge < -0.3 is 0 Å². The van der Waals surface area contributed by atoms with E-state index in [4.69, 9.17) is 0 Å². The fraction of sp³-hybridized carbons (Fsp3) is 0.556. The second kappa shape index (κ2) is 10.1. The standard InChI is InChI=1S/C18H25BrN2S/c1-2-3-4-5-6-7-8-9-10-17-20-21-18(22-17)15-11-13-16(19)14-12-15/h11-14H,2-10H2,1H3. The minimum absolute atomic E-state index is 1.03. The third kappa shape index (κ3) is 6.17. The Morgan fingerprint density at radius 1 is 0.864 bits per heavy atom. The van der Waals surface area contributed by atoms with Crippen molar-refractivity contribution in [3.63, 3.8) is 0 Å². The Balaban J connectivity index is 1.66. The lowest BCUT2D eigenvalue weighted by molar-refractivity contribution is 0.574. The number of hydrogen-bond acceptors (Lipinski definition) is 3. The van der Waals surface area contributed by atoms with Crippen LogP contribution in [0.4, 0.5) is 0 Å². The molecule has 0 aliphatic heterocycles. The van der Waals surface area contributed by atoms with Crippen LogP contribution in [-0.4, -0.2) is 10.2 Å². The Bertz CT molecular complexity index is 536. The average molecular weight is 381 g/mol. The monoisotopic (exact) mass is 380 g/mol. The number of aromatic nitrogens is 2. The second-order valence-corrected chi connectivity index (χ2v) is 7.71. The fourth-order valence-corrected chi connectivity index (χ4v) is 3.63. The molecule has 0 amide bonds. The molecule has 0 spiro atoms. The van der Waals surface area contributed by atoms with E-state index >= 15 is 0 Å². The van der Waals surface area contributed by atoms with E-state index in [0.717, 1.165) is 21.5 Å². The first kappa shape index (κ1) is 17.6. The van der Waals surface area contributed by atoms with Crippen LogP contribution in [-0.2, 0) is 6.42 Å². The highest BCUT2D eigenvalue weighted by molar-refractivity contribution is 9.10. The molecule has 1 aromatic carbocycles. The van der Waals surface area contributed by atoms with E-state index in [2.05, 4.69) is 57.3 Å². The first-order chi connectivity index (χ1) is 10.8. The third-order valence-electron chi connectivity index (χ3n) is 3.80. The number of nitrogens with zero attached hydrogens (tertiary/aromatic N) is 2. The van der Waals surface area contributed by atoms with Crippen molar-refractivity contribution in [3.8, 4) is 10.6 Å². The molecule has 0 aliphatic carbocycles. The van der Waals surface area contributed by atoms with Crippen LogP contribution in [0.15, 0.2) is 28.7 Å². The number of benzene rings is 1. The molecular weight excluding hydrogens is 356 g/mol. The van der Waals surface area contributed by atoms with E-state index in [0.29, 0.717) is 0 Å². The Labute approximate surface area is 146 Å². The van der Waals surface area contributed by atoms with Gasteiger partial charge in [-0.3, -0.25) is 0 Å². The summed E-state index contributed by atoms with van der Waals surface area (Å²) in [6, 6.07) is 8.28. The number of unbranched alkanes of at least 4 members (excludes halogenated alkanes) is 7. The Hall–Kier alpha value is -0.740. The van der Waals surface area contributed by atoms with Crippen molar-refractivity contribution in [2.24, 2.45) is 0 Å². The molecule has 1 aromatic heterocycles. The molecular formula is C18H25BrN2S. The van der Waals surface area contributed by atoms with Crippen molar-refractivity contribution in [3.05, 3.63) is 33.7 Å². The van der Waals surface area contributed by atoms with Crippen molar-refractivity contribution >= 4 is 27.3 Å². The number of rotatable bonds is 10. The van der Waals surface area contributed by atoms with Crippen LogP contribution >= 0.6 is 27.3 Å². The van der Waals surface area contributed by atoms with Gasteiger partial charge in [0.25, 0.3) is 0 Å². The maximum Gasteiger partial charge on any atom is 0.147 e. The summed E-state index contributed by atoms with van der Waals surface area (Å²) in [4.78, 5) is 0. The topological polar surface area (TPSA) is 25.8 Å². The summed E-state index contributed by atoms with van der Waals surface area (Å²) in [6.07, 6.45) is 11.9. The molecule has 120 valence electrons. The van der Waals surface area contributed by atoms with Gasteiger partial charge in [0.15, 0.2) is 0 Å². The molecule has 0 unspecified atom stereocenters. The van der Waals surface area contributed by atoms with Crippen molar-refractivity contribution < 1.29 is 0 Å². The van der Waals surface area contributed by atoms with E-state index in [1.165, 1.54) is 56.4 Å². The Morgan fingerprint density at radius 3 is 2.18 bits per heavy atom. The molecule has 2 aromatic rings. The van der Waals surface area contributed by atoms with Crippen LogP contribution in [0.25, 0.3) is 10.6 Å². The molecule has 0 fully saturated rings. The molecule has 2 rings (SSSR count). The van der Waals surface area contributed by atoms with E-state index in [-0.39, 0.29) is 0 Å². The van der Waals surface area contributed by atoms with E-state index < -0.39 is 0 Å². The molecule has 0 radical (unpaired) electrons. The van der Waals surface area contributed by atoms with E-state index in [9.17, 15) is 0 Å². The number of hydrogen-bond donors (Lipinski definition) is 0. The second-order valence-electron chi connectivity index (χ2n) is 5.73. The summed E-state index contributed by atoms with van der Waals surface area (Å²) in [7, 11) is 0. The molecule has 2 nitrogen and oxygen atoms in total. The normalized spacial score (nSPS) is 11.0. The van der Waals surface area contributed by atoms with E-state index in [1.54, 1.807) is 11.3 Å². The SMILES string of the molecule is CCCCCCCCCCc1nnc(-c2ccc(Br)cc2)s1. The highest BCUT2D eigenvalue weighted by Gasteiger charge is 2.06. The summed E-state index contributed by atoms with van der Waals surface area (Å²) < 4.78 is 1.10. The van der Waals surface area contributed by atoms with Crippen LogP contribution < -0.4 is 0 Å². The van der Waals surface area contributed by atoms with E-state index in [1.807, 2.05) is 0 Å². The molecule has 0 aliphatic rings. The summed E-state index contributed by atoms with van der Waals surface area (Å²) in [5.41, 5.74) is 1.16. The van der Waals surface area contributed by atoms with Gasteiger partial charge in [-0.2, -0.15) is 0 Å². The molecule has 1 heterocycles. The van der Waals surface area contributed by atoms with Gasteiger partial charge in [0.1, 0.15) is 10.0 Å². The zero-order valence-electron chi connectivity index (χ0n) is 13.4. The van der Waals surface area contributed by atoms with Gasteiger partial charge in [-0.25, -0.2) is 0 Å². The van der Waals surface area contributed by atoms with Crippen molar-refractivity contribution in [1.82, 2.24) is 10.2 Å². The van der Waals surface area contributed by atoms with Gasteiger partial charge in [-0.1, -0.05) is 91.3 Å². The lowest BCUT2D eigenvalue weighted by Crippen LogP contribution is -1.85. The zero-order chi connectivity index (χ0) is 15.6. The van der Waals surface area contributed by atoms with Crippen LogP contribution in [0, 0.1) is 0 Å². The summed E-state index contributed by atoms with van der Waals surface area (Å²) in [5.74, 6) is 0. The smallest absolute Gasteiger partial charge is 0.143 e. The highest BCUT2D eigenvalue weighted by Crippen LogP contribution is 2.25. The van der Waals surface area contributed by atoms with Gasteiger partial charge in [0.2, 0.25) is 0 Å². The van der Waals surface area contributed by atoms with Gasteiger partial charge in [0.05, 0.1) is 0 Å². The quantitative estimate of drug-likeness (QED) is 0.431. The molecule has 0 saturated heterocycles. The summed E-state index contributed by atoms with van der Waals surface area (Å²) >= 11 is 5.19. The third-order valence-corrected chi connectivity index (χ3v) is 5.36. The minimum atomic E-state index is 1.03. The molecule has 4 heteroatoms. The average Bonchev–Trinajstić information content (AvgIpc) is 2.99. The molecule has 22 heavy (non-hydrogen) atoms. The lowest BCUT2D eigenvalue weighted by atomic mass is 10.1. The lowest BCUT2D eigenvalue weighted by Gasteiger charge is -2.00. The highest BCUT2D eigenvalue weighted by atomic mass is 79.9. The van der Waals surface area contributed by atoms with Gasteiger partial charge in [0, 0.05) is 16.5 Å². The number of halogens is 1. The minimum Gasteiger partial charge on any atom is -0.143 e. The number of aryl methyl sites for hydroxylation is 1. The maximum absolute atomic E-state index is 4.33. The van der Waals surface area contributed by atoms with Crippen LogP contribution in [0.1, 0.15) is 63.3 Å². The molecule has 0 bridgehead atoms. The van der Waals surface area contributed by atoms with Gasteiger partial charge >= 0.3 is 0 Å². The zero-order valence-corrected chi connectivity index (χ0v) is 15.8. The first-order valence-corrected chi connectivity index (χ1v) is 9.99. The van der Waals surface area contributed by atoms with Gasteiger partial charge in [-0.05, 0) is 18.6 Å². The fourth-order valence-electron chi connectivity index (χ4n) is 2.47. The van der Waals surface area contributed by atoms with Crippen LogP contribution in [0.5, 0.6) is 0 Å². The van der Waals surface area contributed by atoms with Crippen LogP contribution in [0.2, 0.25) is 0 Å². The predicted octanol–water partition coefficient (Wildman–Crippen LogP) is 6.65. The van der Waals surface area contributed by atoms with Gasteiger partial charge in [-0.15, -0.1) is 10.2 Å². The maximum atomic E-state index is 4.33. The Morgan fingerprint density at radius 2 is 1.50 bits per heavy atom. The Kier molecular flexibility index (Phi) is 8.10. The molecule has 0 saturated carbocycles. The summed E-state index contributed by atoms with van der Waals surface area (Å²) in [6.45, 7) is 2.27. The predicted molar refractivity (Wildman–Crippen MR) is 99.4 cm³/mol. The molecule has 0 N–H and O–H groups in total. The van der Waals surface area contributed by atoms with Crippen molar-refractivity contribution in [1.29, 1.82) is 0 Å². The van der Waals surface area contributed by atoms with Crippen LogP contribution in [0.3, 0.4) is 0 Å². The largest absolute Gasteiger partial charge is 0.147 e. The molecule has 0 atom stereocenters. The van der Waals surface area contributed by atoms with Crippen molar-refractivity contribution in [2.75, 3.05) is 0 Å².